The summed E-state index contributed by atoms with van der Waals surface area (Å²) in [6.45, 7) is 7.41. The van der Waals surface area contributed by atoms with Crippen LogP contribution in [0.3, 0.4) is 0 Å². The molecule has 0 saturated heterocycles. The number of rotatable bonds is 7. The van der Waals surface area contributed by atoms with Crippen molar-refractivity contribution in [1.82, 2.24) is 0 Å². The summed E-state index contributed by atoms with van der Waals surface area (Å²) in [6, 6.07) is 15.1. The molecule has 2 aromatic rings. The van der Waals surface area contributed by atoms with Crippen LogP contribution in [-0.2, 0) is 17.6 Å². The quantitative estimate of drug-likeness (QED) is 0.519. The number of benzene rings is 2. The van der Waals surface area contributed by atoms with Gasteiger partial charge in [0.25, 0.3) is 0 Å². The van der Waals surface area contributed by atoms with E-state index in [1.807, 2.05) is 17.2 Å². The number of hydrogen-bond donors (Lipinski definition) is 0. The molecular formula is C28H34N2O. The van der Waals surface area contributed by atoms with Gasteiger partial charge in [0, 0.05) is 36.5 Å². The van der Waals surface area contributed by atoms with E-state index >= 15 is 0 Å². The summed E-state index contributed by atoms with van der Waals surface area (Å²) in [5, 5.41) is 0. The Balaban J connectivity index is 1.33. The summed E-state index contributed by atoms with van der Waals surface area (Å²) in [5.41, 5.74) is 9.12. The SMILES string of the molecule is CCC1C(CCC(=O)N2CCCc3ccccc32)=CN=C1CCc1ccc(C)cc1C. The smallest absolute Gasteiger partial charge is 0.227 e. The zero-order valence-electron chi connectivity index (χ0n) is 19.2. The zero-order chi connectivity index (χ0) is 21.8. The van der Waals surface area contributed by atoms with Crippen molar-refractivity contribution in [2.45, 2.75) is 65.7 Å². The van der Waals surface area contributed by atoms with Crippen molar-refractivity contribution in [3.63, 3.8) is 0 Å². The van der Waals surface area contributed by atoms with Gasteiger partial charge in [0.05, 0.1) is 0 Å². The Morgan fingerprint density at radius 2 is 1.94 bits per heavy atom. The first-order valence-corrected chi connectivity index (χ1v) is 11.8. The molecule has 0 aromatic heterocycles. The number of aliphatic imine (C=N–C) groups is 1. The van der Waals surface area contributed by atoms with E-state index in [4.69, 9.17) is 4.99 Å². The number of carbonyl (C=O) groups excluding carboxylic acids is 1. The molecule has 3 nitrogen and oxygen atoms in total. The van der Waals surface area contributed by atoms with Crippen LogP contribution in [0.4, 0.5) is 5.69 Å². The lowest BCUT2D eigenvalue weighted by atomic mass is 9.87. The largest absolute Gasteiger partial charge is 0.312 e. The van der Waals surface area contributed by atoms with Crippen LogP contribution in [0.1, 0.15) is 61.3 Å². The summed E-state index contributed by atoms with van der Waals surface area (Å²) in [6.07, 6.45) is 8.63. The Kier molecular flexibility index (Phi) is 6.70. The molecule has 0 N–H and O–H groups in total. The van der Waals surface area contributed by atoms with Crippen LogP contribution in [0.5, 0.6) is 0 Å². The monoisotopic (exact) mass is 414 g/mol. The number of amides is 1. The first kappa shape index (κ1) is 21.5. The molecule has 1 amide bonds. The number of carbonyl (C=O) groups is 1. The second kappa shape index (κ2) is 9.64. The number of para-hydroxylation sites is 1. The molecule has 2 aromatic carbocycles. The molecule has 1 unspecified atom stereocenters. The van der Waals surface area contributed by atoms with Crippen LogP contribution in [0.25, 0.3) is 0 Å². The van der Waals surface area contributed by atoms with Crippen LogP contribution in [-0.4, -0.2) is 18.2 Å². The van der Waals surface area contributed by atoms with Gasteiger partial charge in [0.2, 0.25) is 5.91 Å². The molecule has 2 aliphatic rings. The third-order valence-electron chi connectivity index (χ3n) is 6.84. The Morgan fingerprint density at radius 3 is 2.74 bits per heavy atom. The van der Waals surface area contributed by atoms with Crippen molar-refractivity contribution in [3.8, 4) is 0 Å². The van der Waals surface area contributed by atoms with Gasteiger partial charge in [-0.2, -0.15) is 0 Å². The molecule has 0 fully saturated rings. The second-order valence-corrected chi connectivity index (χ2v) is 8.99. The van der Waals surface area contributed by atoms with E-state index in [-0.39, 0.29) is 5.91 Å². The highest BCUT2D eigenvalue weighted by Crippen LogP contribution is 2.31. The van der Waals surface area contributed by atoms with E-state index in [1.165, 1.54) is 33.5 Å². The average molecular weight is 415 g/mol. The fourth-order valence-electron chi connectivity index (χ4n) is 5.10. The van der Waals surface area contributed by atoms with E-state index in [9.17, 15) is 4.79 Å². The summed E-state index contributed by atoms with van der Waals surface area (Å²) < 4.78 is 0. The van der Waals surface area contributed by atoms with Gasteiger partial charge >= 0.3 is 0 Å². The topological polar surface area (TPSA) is 32.7 Å². The van der Waals surface area contributed by atoms with E-state index < -0.39 is 0 Å². The molecule has 2 heterocycles. The fraction of sp³-hybridized carbons (Fsp3) is 0.429. The van der Waals surface area contributed by atoms with Crippen molar-refractivity contribution < 1.29 is 4.79 Å². The molecule has 0 saturated carbocycles. The summed E-state index contributed by atoms with van der Waals surface area (Å²) in [5.74, 6) is 0.638. The minimum absolute atomic E-state index is 0.242. The molecule has 31 heavy (non-hydrogen) atoms. The zero-order valence-corrected chi connectivity index (χ0v) is 19.2. The molecule has 0 bridgehead atoms. The van der Waals surface area contributed by atoms with E-state index in [2.05, 4.69) is 57.2 Å². The van der Waals surface area contributed by atoms with Crippen LogP contribution in [0.15, 0.2) is 59.2 Å². The number of aryl methyl sites for hydroxylation is 4. The normalized spacial score (nSPS) is 17.9. The average Bonchev–Trinajstić information content (AvgIpc) is 3.18. The number of anilines is 1. The standard InChI is InChI=1S/C28H34N2O/c1-4-25-24(19-29-26(25)15-13-22-12-11-20(2)18-21(22)3)14-16-28(31)30-17-7-9-23-8-5-6-10-27(23)30/h5-6,8,10-12,18-19,25H,4,7,9,13-17H2,1-3H3. The summed E-state index contributed by atoms with van der Waals surface area (Å²) >= 11 is 0. The minimum Gasteiger partial charge on any atom is -0.312 e. The lowest BCUT2D eigenvalue weighted by molar-refractivity contribution is -0.118. The number of hydrogen-bond acceptors (Lipinski definition) is 2. The molecule has 3 heteroatoms. The lowest BCUT2D eigenvalue weighted by Gasteiger charge is -2.29. The van der Waals surface area contributed by atoms with Crippen molar-refractivity contribution in [2.24, 2.45) is 10.9 Å². The molecule has 0 radical (unpaired) electrons. The van der Waals surface area contributed by atoms with Crippen LogP contribution in [0, 0.1) is 19.8 Å². The second-order valence-electron chi connectivity index (χ2n) is 8.99. The first-order valence-electron chi connectivity index (χ1n) is 11.8. The van der Waals surface area contributed by atoms with Gasteiger partial charge in [-0.1, -0.05) is 48.9 Å². The maximum absolute atomic E-state index is 13.0. The number of allylic oxidation sites excluding steroid dienone is 1. The van der Waals surface area contributed by atoms with Gasteiger partial charge < -0.3 is 4.90 Å². The van der Waals surface area contributed by atoms with E-state index in [0.717, 1.165) is 50.8 Å². The van der Waals surface area contributed by atoms with Gasteiger partial charge in [-0.3, -0.25) is 9.79 Å². The van der Waals surface area contributed by atoms with E-state index in [1.54, 1.807) is 0 Å². The highest BCUT2D eigenvalue weighted by atomic mass is 16.2. The number of fused-ring (bicyclic) bond motifs is 1. The Morgan fingerprint density at radius 1 is 1.10 bits per heavy atom. The molecule has 0 spiro atoms. The Bertz CT molecular complexity index is 1020. The fourth-order valence-corrected chi connectivity index (χ4v) is 5.10. The molecule has 1 atom stereocenters. The highest BCUT2D eigenvalue weighted by Gasteiger charge is 2.26. The molecule has 162 valence electrons. The molecule has 0 aliphatic carbocycles. The van der Waals surface area contributed by atoms with Gasteiger partial charge in [-0.15, -0.1) is 0 Å². The predicted molar refractivity (Wildman–Crippen MR) is 130 cm³/mol. The van der Waals surface area contributed by atoms with Crippen molar-refractivity contribution >= 4 is 17.3 Å². The predicted octanol–water partition coefficient (Wildman–Crippen LogP) is 6.36. The Hall–Kier alpha value is -2.68. The van der Waals surface area contributed by atoms with Crippen molar-refractivity contribution in [2.75, 3.05) is 11.4 Å². The Labute approximate surface area is 186 Å². The van der Waals surface area contributed by atoms with Crippen LogP contribution in [0.2, 0.25) is 0 Å². The maximum Gasteiger partial charge on any atom is 0.227 e. The third kappa shape index (κ3) is 4.81. The highest BCUT2D eigenvalue weighted by molar-refractivity contribution is 5.95. The molecule has 4 rings (SSSR count). The van der Waals surface area contributed by atoms with Gasteiger partial charge in [0.15, 0.2) is 0 Å². The molecular weight excluding hydrogens is 380 g/mol. The third-order valence-corrected chi connectivity index (χ3v) is 6.84. The minimum atomic E-state index is 0.242. The molecule has 2 aliphatic heterocycles. The summed E-state index contributed by atoms with van der Waals surface area (Å²) in [7, 11) is 0. The van der Waals surface area contributed by atoms with Crippen molar-refractivity contribution in [3.05, 3.63) is 76.5 Å². The first-order chi connectivity index (χ1) is 15.1. The van der Waals surface area contributed by atoms with Crippen LogP contribution < -0.4 is 4.90 Å². The van der Waals surface area contributed by atoms with Gasteiger partial charge in [-0.05, 0) is 80.7 Å². The maximum atomic E-state index is 13.0. The van der Waals surface area contributed by atoms with Gasteiger partial charge in [-0.25, -0.2) is 0 Å². The van der Waals surface area contributed by atoms with Crippen LogP contribution >= 0.6 is 0 Å². The van der Waals surface area contributed by atoms with E-state index in [0.29, 0.717) is 12.3 Å². The van der Waals surface area contributed by atoms with Gasteiger partial charge in [0.1, 0.15) is 0 Å². The summed E-state index contributed by atoms with van der Waals surface area (Å²) in [4.78, 5) is 19.8. The number of nitrogens with zero attached hydrogens (tertiary/aromatic N) is 2. The lowest BCUT2D eigenvalue weighted by Crippen LogP contribution is -2.35. The van der Waals surface area contributed by atoms with Crippen molar-refractivity contribution in [1.29, 1.82) is 0 Å².